The number of piperidine rings is 1. The first kappa shape index (κ1) is 21.8. The molecule has 2 aliphatic rings. The summed E-state index contributed by atoms with van der Waals surface area (Å²) in [5, 5.41) is 6.66. The Labute approximate surface area is 175 Å². The molecule has 162 valence electrons. The summed E-state index contributed by atoms with van der Waals surface area (Å²) in [6.45, 7) is 11.9. The molecule has 3 rings (SSSR count). The van der Waals surface area contributed by atoms with Gasteiger partial charge in [-0.05, 0) is 50.2 Å². The van der Waals surface area contributed by atoms with E-state index in [1.807, 2.05) is 12.1 Å². The van der Waals surface area contributed by atoms with Crippen molar-refractivity contribution >= 4 is 11.6 Å². The Morgan fingerprint density at radius 1 is 1.00 bits per heavy atom. The lowest BCUT2D eigenvalue weighted by atomic mass is 10.1. The molecule has 0 aromatic heterocycles. The molecular formula is C22H37FN6. The van der Waals surface area contributed by atoms with Gasteiger partial charge in [-0.25, -0.2) is 4.39 Å². The van der Waals surface area contributed by atoms with E-state index in [9.17, 15) is 4.39 Å². The summed E-state index contributed by atoms with van der Waals surface area (Å²) in [5.74, 6) is 0.629. The summed E-state index contributed by atoms with van der Waals surface area (Å²) < 4.78 is 14.7. The van der Waals surface area contributed by atoms with Crippen molar-refractivity contribution in [3.8, 4) is 0 Å². The van der Waals surface area contributed by atoms with E-state index < -0.39 is 0 Å². The Kier molecular flexibility index (Phi) is 8.55. The van der Waals surface area contributed by atoms with Crippen LogP contribution in [0.2, 0.25) is 0 Å². The van der Waals surface area contributed by atoms with Gasteiger partial charge in [-0.1, -0.05) is 19.4 Å². The first-order valence-electron chi connectivity index (χ1n) is 11.1. The van der Waals surface area contributed by atoms with Crippen molar-refractivity contribution in [3.05, 3.63) is 29.6 Å². The highest BCUT2D eigenvalue weighted by atomic mass is 19.1. The van der Waals surface area contributed by atoms with E-state index in [4.69, 9.17) is 0 Å². The molecule has 2 fully saturated rings. The van der Waals surface area contributed by atoms with E-state index >= 15 is 0 Å². The fraction of sp³-hybridized carbons (Fsp3) is 0.682. The first-order chi connectivity index (χ1) is 14.2. The molecule has 2 N–H and O–H groups in total. The third kappa shape index (κ3) is 6.57. The summed E-state index contributed by atoms with van der Waals surface area (Å²) in [4.78, 5) is 11.3. The van der Waals surface area contributed by atoms with Gasteiger partial charge in [0.25, 0.3) is 0 Å². The number of benzene rings is 1. The van der Waals surface area contributed by atoms with Gasteiger partial charge >= 0.3 is 0 Å². The van der Waals surface area contributed by atoms with Gasteiger partial charge in [-0.2, -0.15) is 0 Å². The second kappa shape index (κ2) is 11.4. The maximum absolute atomic E-state index is 14.7. The Balaban J connectivity index is 1.44. The minimum absolute atomic E-state index is 0.137. The Hall–Kier alpha value is -1.86. The fourth-order valence-electron chi connectivity index (χ4n) is 4.14. The summed E-state index contributed by atoms with van der Waals surface area (Å²) in [5.41, 5.74) is 1.64. The van der Waals surface area contributed by atoms with Crippen LogP contribution in [0.3, 0.4) is 0 Å². The number of likely N-dealkylation sites (tertiary alicyclic amines) is 1. The minimum Gasteiger partial charge on any atom is -0.367 e. The lowest BCUT2D eigenvalue weighted by Crippen LogP contribution is -2.46. The van der Waals surface area contributed by atoms with Gasteiger partial charge in [0, 0.05) is 52.9 Å². The van der Waals surface area contributed by atoms with Crippen LogP contribution in [-0.4, -0.2) is 81.7 Å². The van der Waals surface area contributed by atoms with E-state index in [0.29, 0.717) is 12.2 Å². The van der Waals surface area contributed by atoms with Crippen LogP contribution in [0.15, 0.2) is 23.2 Å². The number of hydrogen-bond acceptors (Lipinski definition) is 4. The molecular weight excluding hydrogens is 367 g/mol. The highest BCUT2D eigenvalue weighted by Crippen LogP contribution is 2.22. The summed E-state index contributed by atoms with van der Waals surface area (Å²) >= 11 is 0. The predicted octanol–water partition coefficient (Wildman–Crippen LogP) is 2.12. The van der Waals surface area contributed by atoms with Crippen LogP contribution in [0.4, 0.5) is 10.1 Å². The number of nitrogens with one attached hydrogen (secondary N) is 2. The normalized spacial score (nSPS) is 19.4. The van der Waals surface area contributed by atoms with E-state index in [1.165, 1.54) is 32.4 Å². The Morgan fingerprint density at radius 3 is 2.41 bits per heavy atom. The molecule has 1 aromatic rings. The molecule has 0 spiro atoms. The van der Waals surface area contributed by atoms with Gasteiger partial charge < -0.3 is 25.3 Å². The summed E-state index contributed by atoms with van der Waals surface area (Å²) in [7, 11) is 1.77. The SMILES string of the molecule is CCN1CCN(c2ccc(CNC(=NC)NCCN3CCCCC3)cc2F)CC1. The van der Waals surface area contributed by atoms with Crippen molar-refractivity contribution in [1.29, 1.82) is 0 Å². The zero-order chi connectivity index (χ0) is 20.5. The number of likely N-dealkylation sites (N-methyl/N-ethyl adjacent to an activating group) is 1. The van der Waals surface area contributed by atoms with Crippen molar-refractivity contribution in [1.82, 2.24) is 20.4 Å². The molecule has 6 nitrogen and oxygen atoms in total. The van der Waals surface area contributed by atoms with Crippen LogP contribution >= 0.6 is 0 Å². The number of anilines is 1. The Bertz CT molecular complexity index is 651. The van der Waals surface area contributed by atoms with Gasteiger partial charge in [0.1, 0.15) is 5.82 Å². The molecule has 0 bridgehead atoms. The topological polar surface area (TPSA) is 46.1 Å². The van der Waals surface area contributed by atoms with Crippen molar-refractivity contribution in [2.24, 2.45) is 4.99 Å². The molecule has 0 aliphatic carbocycles. The second-order valence-corrected chi connectivity index (χ2v) is 7.96. The Morgan fingerprint density at radius 2 is 1.76 bits per heavy atom. The van der Waals surface area contributed by atoms with E-state index in [0.717, 1.165) is 57.3 Å². The highest BCUT2D eigenvalue weighted by Gasteiger charge is 2.18. The average molecular weight is 405 g/mol. The predicted molar refractivity (Wildman–Crippen MR) is 119 cm³/mol. The van der Waals surface area contributed by atoms with Crippen molar-refractivity contribution < 1.29 is 4.39 Å². The van der Waals surface area contributed by atoms with E-state index in [1.54, 1.807) is 13.1 Å². The van der Waals surface area contributed by atoms with Gasteiger partial charge in [-0.15, -0.1) is 0 Å². The molecule has 0 unspecified atom stereocenters. The molecule has 7 heteroatoms. The summed E-state index contributed by atoms with van der Waals surface area (Å²) in [6, 6.07) is 5.58. The van der Waals surface area contributed by atoms with Gasteiger partial charge in [0.05, 0.1) is 5.69 Å². The van der Waals surface area contributed by atoms with Gasteiger partial charge in [-0.3, -0.25) is 4.99 Å². The molecule has 0 radical (unpaired) electrons. The molecule has 1 aromatic carbocycles. The number of guanidine groups is 1. The monoisotopic (exact) mass is 404 g/mol. The van der Waals surface area contributed by atoms with Gasteiger partial charge in [0.2, 0.25) is 0 Å². The largest absolute Gasteiger partial charge is 0.367 e. The smallest absolute Gasteiger partial charge is 0.191 e. The number of aliphatic imine (C=N–C) groups is 1. The average Bonchev–Trinajstić information content (AvgIpc) is 2.77. The van der Waals surface area contributed by atoms with E-state index in [2.05, 4.69) is 37.2 Å². The minimum atomic E-state index is -0.137. The number of rotatable bonds is 7. The van der Waals surface area contributed by atoms with Crippen molar-refractivity contribution in [2.75, 3.05) is 70.9 Å². The molecule has 0 amide bonds. The molecule has 2 saturated heterocycles. The number of piperazine rings is 1. The number of nitrogens with zero attached hydrogens (tertiary/aromatic N) is 4. The second-order valence-electron chi connectivity index (χ2n) is 7.96. The zero-order valence-electron chi connectivity index (χ0n) is 18.1. The molecule has 2 heterocycles. The molecule has 29 heavy (non-hydrogen) atoms. The number of hydrogen-bond donors (Lipinski definition) is 2. The number of halogens is 1. The standard InChI is InChI=1S/C22H37FN6/c1-3-27-13-15-29(16-14-27)21-8-7-19(17-20(21)23)18-26-22(24-2)25-9-12-28-10-5-4-6-11-28/h7-8,17H,3-6,9-16,18H2,1-2H3,(H2,24,25,26). The van der Waals surface area contributed by atoms with Crippen LogP contribution in [0.1, 0.15) is 31.7 Å². The summed E-state index contributed by atoms with van der Waals surface area (Å²) in [6.07, 6.45) is 3.98. The van der Waals surface area contributed by atoms with Crippen LogP contribution in [-0.2, 0) is 6.54 Å². The third-order valence-corrected chi connectivity index (χ3v) is 6.03. The lowest BCUT2D eigenvalue weighted by molar-refractivity contribution is 0.232. The lowest BCUT2D eigenvalue weighted by Gasteiger charge is -2.35. The van der Waals surface area contributed by atoms with Gasteiger partial charge in [0.15, 0.2) is 5.96 Å². The zero-order valence-corrected chi connectivity index (χ0v) is 18.1. The van der Waals surface area contributed by atoms with E-state index in [-0.39, 0.29) is 5.82 Å². The van der Waals surface area contributed by atoms with Crippen molar-refractivity contribution in [2.45, 2.75) is 32.7 Å². The van der Waals surface area contributed by atoms with Crippen LogP contribution in [0.25, 0.3) is 0 Å². The quantitative estimate of drug-likeness (QED) is 0.538. The molecule has 0 saturated carbocycles. The maximum Gasteiger partial charge on any atom is 0.191 e. The fourth-order valence-corrected chi connectivity index (χ4v) is 4.14. The van der Waals surface area contributed by atoms with Crippen LogP contribution < -0.4 is 15.5 Å². The van der Waals surface area contributed by atoms with Crippen LogP contribution in [0, 0.1) is 5.82 Å². The molecule has 2 aliphatic heterocycles. The third-order valence-electron chi connectivity index (χ3n) is 6.03. The molecule has 0 atom stereocenters. The maximum atomic E-state index is 14.7. The highest BCUT2D eigenvalue weighted by molar-refractivity contribution is 5.79. The first-order valence-corrected chi connectivity index (χ1v) is 11.1. The van der Waals surface area contributed by atoms with Crippen LogP contribution in [0.5, 0.6) is 0 Å². The van der Waals surface area contributed by atoms with Crippen molar-refractivity contribution in [3.63, 3.8) is 0 Å².